The smallest absolute Gasteiger partial charge is 0.412 e. The summed E-state index contributed by atoms with van der Waals surface area (Å²) in [5.41, 5.74) is 1.33. The quantitative estimate of drug-likeness (QED) is 0.933. The number of amides is 1. The van der Waals surface area contributed by atoms with Crippen LogP contribution < -0.4 is 5.32 Å². The Morgan fingerprint density at radius 1 is 1.30 bits per heavy atom. The van der Waals surface area contributed by atoms with Crippen LogP contribution in [-0.2, 0) is 11.3 Å². The lowest BCUT2D eigenvalue weighted by Gasteiger charge is -2.19. The number of aromatic nitrogens is 2. The molecule has 0 radical (unpaired) electrons. The fraction of sp³-hybridized carbons (Fsp3) is 0.333. The molecule has 0 saturated heterocycles. The molecule has 1 amide bonds. The number of nitrogens with one attached hydrogen (secondary N) is 1. The lowest BCUT2D eigenvalue weighted by atomic mass is 10.2. The van der Waals surface area contributed by atoms with E-state index in [4.69, 9.17) is 4.74 Å². The summed E-state index contributed by atoms with van der Waals surface area (Å²) >= 11 is 0. The first kappa shape index (κ1) is 14.1. The summed E-state index contributed by atoms with van der Waals surface area (Å²) in [5, 5.41) is 6.85. The molecular formula is C15H19N3O2. The number of rotatable bonds is 3. The fourth-order valence-corrected chi connectivity index (χ4v) is 1.70. The van der Waals surface area contributed by atoms with Crippen LogP contribution in [0.25, 0.3) is 0 Å². The average molecular weight is 273 g/mol. The molecular weight excluding hydrogens is 254 g/mol. The van der Waals surface area contributed by atoms with Gasteiger partial charge in [0.1, 0.15) is 5.60 Å². The average Bonchev–Trinajstić information content (AvgIpc) is 2.82. The number of hydrogen-bond donors (Lipinski definition) is 1. The molecule has 0 saturated carbocycles. The van der Waals surface area contributed by atoms with Gasteiger partial charge in [0.05, 0.1) is 6.54 Å². The molecule has 0 unspecified atom stereocenters. The van der Waals surface area contributed by atoms with Gasteiger partial charge in [-0.05, 0) is 44.5 Å². The van der Waals surface area contributed by atoms with Crippen molar-refractivity contribution >= 4 is 11.8 Å². The van der Waals surface area contributed by atoms with Crippen LogP contribution in [0.4, 0.5) is 10.5 Å². The normalized spacial score (nSPS) is 11.2. The van der Waals surface area contributed by atoms with Gasteiger partial charge >= 0.3 is 6.09 Å². The van der Waals surface area contributed by atoms with Gasteiger partial charge in [-0.25, -0.2) is 4.79 Å². The molecule has 2 aromatic rings. The number of carbonyl (C=O) groups excluding carboxylic acids is 1. The molecule has 0 atom stereocenters. The van der Waals surface area contributed by atoms with Gasteiger partial charge in [-0.3, -0.25) is 10.00 Å². The second-order valence-corrected chi connectivity index (χ2v) is 5.53. The highest BCUT2D eigenvalue weighted by Gasteiger charge is 2.15. The van der Waals surface area contributed by atoms with E-state index in [0.29, 0.717) is 12.2 Å². The standard InChI is InChI=1S/C15H19N3O2/c1-15(2,3)20-14(19)17-13-7-5-12(6-8-13)11-18-10-4-9-16-18/h4-10H,11H2,1-3H3,(H,17,19). The van der Waals surface area contributed by atoms with Crippen LogP contribution in [0.3, 0.4) is 0 Å². The van der Waals surface area contributed by atoms with E-state index in [1.54, 1.807) is 6.20 Å². The predicted molar refractivity (Wildman–Crippen MR) is 77.6 cm³/mol. The molecule has 0 fully saturated rings. The Morgan fingerprint density at radius 3 is 2.55 bits per heavy atom. The maximum Gasteiger partial charge on any atom is 0.412 e. The van der Waals surface area contributed by atoms with E-state index in [2.05, 4.69) is 10.4 Å². The molecule has 20 heavy (non-hydrogen) atoms. The van der Waals surface area contributed by atoms with E-state index in [1.807, 2.05) is 62.0 Å². The van der Waals surface area contributed by atoms with Gasteiger partial charge in [-0.15, -0.1) is 0 Å². The van der Waals surface area contributed by atoms with Crippen LogP contribution in [0, 0.1) is 0 Å². The van der Waals surface area contributed by atoms with Gasteiger partial charge in [0.2, 0.25) is 0 Å². The number of benzene rings is 1. The maximum atomic E-state index is 11.6. The van der Waals surface area contributed by atoms with E-state index in [1.165, 1.54) is 0 Å². The largest absolute Gasteiger partial charge is 0.444 e. The summed E-state index contributed by atoms with van der Waals surface area (Å²) in [7, 11) is 0. The Labute approximate surface area is 118 Å². The van der Waals surface area contributed by atoms with Crippen LogP contribution in [0.15, 0.2) is 42.7 Å². The Hall–Kier alpha value is -2.30. The van der Waals surface area contributed by atoms with Crippen molar-refractivity contribution in [3.05, 3.63) is 48.3 Å². The summed E-state index contributed by atoms with van der Waals surface area (Å²) in [4.78, 5) is 11.6. The summed E-state index contributed by atoms with van der Waals surface area (Å²) < 4.78 is 7.04. The first-order chi connectivity index (χ1) is 9.42. The third kappa shape index (κ3) is 4.42. The summed E-state index contributed by atoms with van der Waals surface area (Å²) in [6.45, 7) is 6.21. The highest BCUT2D eigenvalue weighted by atomic mass is 16.6. The molecule has 1 heterocycles. The number of nitrogens with zero attached hydrogens (tertiary/aromatic N) is 2. The fourth-order valence-electron chi connectivity index (χ4n) is 1.70. The summed E-state index contributed by atoms with van der Waals surface area (Å²) in [6, 6.07) is 9.49. The van der Waals surface area contributed by atoms with Crippen LogP contribution in [0.2, 0.25) is 0 Å². The predicted octanol–water partition coefficient (Wildman–Crippen LogP) is 3.28. The molecule has 0 bridgehead atoms. The van der Waals surface area contributed by atoms with Crippen molar-refractivity contribution in [2.45, 2.75) is 32.9 Å². The van der Waals surface area contributed by atoms with Crippen molar-refractivity contribution in [3.8, 4) is 0 Å². The Morgan fingerprint density at radius 2 is 2.00 bits per heavy atom. The zero-order valence-electron chi connectivity index (χ0n) is 12.0. The second kappa shape index (κ2) is 5.77. The zero-order valence-corrected chi connectivity index (χ0v) is 12.0. The van der Waals surface area contributed by atoms with E-state index >= 15 is 0 Å². The van der Waals surface area contributed by atoms with Crippen LogP contribution in [0.1, 0.15) is 26.3 Å². The molecule has 1 N–H and O–H groups in total. The van der Waals surface area contributed by atoms with Gasteiger partial charge in [0.25, 0.3) is 0 Å². The minimum absolute atomic E-state index is 0.447. The van der Waals surface area contributed by atoms with Crippen LogP contribution >= 0.6 is 0 Å². The first-order valence-corrected chi connectivity index (χ1v) is 6.49. The summed E-state index contributed by atoms with van der Waals surface area (Å²) in [5.74, 6) is 0. The summed E-state index contributed by atoms with van der Waals surface area (Å²) in [6.07, 6.45) is 3.21. The molecule has 1 aromatic carbocycles. The van der Waals surface area contributed by atoms with Crippen molar-refractivity contribution in [1.82, 2.24) is 9.78 Å². The monoisotopic (exact) mass is 273 g/mol. The highest BCUT2D eigenvalue weighted by Crippen LogP contribution is 2.13. The number of hydrogen-bond acceptors (Lipinski definition) is 3. The molecule has 2 rings (SSSR count). The number of ether oxygens (including phenoxy) is 1. The maximum absolute atomic E-state index is 11.6. The molecule has 0 spiro atoms. The van der Waals surface area contributed by atoms with Crippen LogP contribution in [0.5, 0.6) is 0 Å². The molecule has 5 heteroatoms. The Balaban J connectivity index is 1.93. The zero-order chi connectivity index (χ0) is 14.6. The molecule has 5 nitrogen and oxygen atoms in total. The van der Waals surface area contributed by atoms with Gasteiger partial charge in [0, 0.05) is 18.1 Å². The molecule has 106 valence electrons. The Kier molecular flexibility index (Phi) is 4.08. The van der Waals surface area contributed by atoms with Crippen molar-refractivity contribution in [2.75, 3.05) is 5.32 Å². The SMILES string of the molecule is CC(C)(C)OC(=O)Nc1ccc(Cn2cccn2)cc1. The second-order valence-electron chi connectivity index (χ2n) is 5.53. The minimum Gasteiger partial charge on any atom is -0.444 e. The van der Waals surface area contributed by atoms with Gasteiger partial charge in [-0.2, -0.15) is 5.10 Å². The number of carbonyl (C=O) groups is 1. The molecule has 0 aliphatic carbocycles. The van der Waals surface area contributed by atoms with Gasteiger partial charge < -0.3 is 4.74 Å². The molecule has 1 aromatic heterocycles. The third-order valence-electron chi connectivity index (χ3n) is 2.50. The topological polar surface area (TPSA) is 56.1 Å². The third-order valence-corrected chi connectivity index (χ3v) is 2.50. The first-order valence-electron chi connectivity index (χ1n) is 6.49. The number of anilines is 1. The van der Waals surface area contributed by atoms with Crippen molar-refractivity contribution in [3.63, 3.8) is 0 Å². The lowest BCUT2D eigenvalue weighted by Crippen LogP contribution is -2.27. The lowest BCUT2D eigenvalue weighted by molar-refractivity contribution is 0.0636. The van der Waals surface area contributed by atoms with E-state index < -0.39 is 11.7 Å². The Bertz CT molecular complexity index is 554. The molecule has 0 aliphatic heterocycles. The van der Waals surface area contributed by atoms with Gasteiger partial charge in [0.15, 0.2) is 0 Å². The molecule has 0 aliphatic rings. The minimum atomic E-state index is -0.496. The van der Waals surface area contributed by atoms with Crippen molar-refractivity contribution in [2.24, 2.45) is 0 Å². The van der Waals surface area contributed by atoms with Crippen LogP contribution in [-0.4, -0.2) is 21.5 Å². The van der Waals surface area contributed by atoms with Crippen molar-refractivity contribution < 1.29 is 9.53 Å². The highest BCUT2D eigenvalue weighted by molar-refractivity contribution is 5.84. The van der Waals surface area contributed by atoms with E-state index in [0.717, 1.165) is 5.56 Å². The van der Waals surface area contributed by atoms with Crippen molar-refractivity contribution in [1.29, 1.82) is 0 Å². The van der Waals surface area contributed by atoms with E-state index in [-0.39, 0.29) is 0 Å². The van der Waals surface area contributed by atoms with Gasteiger partial charge in [-0.1, -0.05) is 12.1 Å². The van der Waals surface area contributed by atoms with E-state index in [9.17, 15) is 4.79 Å².